The van der Waals surface area contributed by atoms with Crippen LogP contribution in [0.15, 0.2) is 6.20 Å². The van der Waals surface area contributed by atoms with Gasteiger partial charge in [-0.3, -0.25) is 0 Å². The van der Waals surface area contributed by atoms with Gasteiger partial charge in [0.15, 0.2) is 0 Å². The van der Waals surface area contributed by atoms with Crippen molar-refractivity contribution in [3.63, 3.8) is 0 Å². The lowest BCUT2D eigenvalue weighted by Gasteiger charge is -2.24. The van der Waals surface area contributed by atoms with E-state index in [1.54, 1.807) is 6.20 Å². The quantitative estimate of drug-likeness (QED) is 0.690. The Balaban J connectivity index is 3.61. The maximum atomic E-state index is 13.1. The third-order valence-electron chi connectivity index (χ3n) is 2.85. The summed E-state index contributed by atoms with van der Waals surface area (Å²) in [6.45, 7) is 9.31. The van der Waals surface area contributed by atoms with Gasteiger partial charge in [-0.2, -0.15) is 13.2 Å². The lowest BCUT2D eigenvalue weighted by Crippen LogP contribution is -2.21. The van der Waals surface area contributed by atoms with Crippen LogP contribution >= 0.6 is 0 Å². The molecule has 1 aromatic rings. The Labute approximate surface area is 101 Å². The molecule has 0 bridgehead atoms. The van der Waals surface area contributed by atoms with Gasteiger partial charge in [-0.05, 0) is 22.5 Å². The summed E-state index contributed by atoms with van der Waals surface area (Å²) in [6, 6.07) is 0. The van der Waals surface area contributed by atoms with Crippen LogP contribution in [0.25, 0.3) is 0 Å². The fourth-order valence-corrected chi connectivity index (χ4v) is 2.22. The molecule has 0 radical (unpaired) electrons. The minimum atomic E-state index is -4.30. The predicted octanol–water partition coefficient (Wildman–Crippen LogP) is 4.46. The Hall–Kier alpha value is -0.930. The summed E-state index contributed by atoms with van der Waals surface area (Å²) in [5.41, 5.74) is 0.176. The predicted molar refractivity (Wildman–Crippen MR) is 63.2 cm³/mol. The van der Waals surface area contributed by atoms with E-state index < -0.39 is 17.3 Å². The van der Waals surface area contributed by atoms with E-state index in [2.05, 4.69) is 0 Å². The normalized spacial score (nSPS) is 13.5. The SMILES string of the molecule is CC(C)c1cn(C)c(C(F)(F)F)c1C(C)(C)C. The van der Waals surface area contributed by atoms with Gasteiger partial charge < -0.3 is 4.57 Å². The Morgan fingerprint density at radius 2 is 1.59 bits per heavy atom. The maximum absolute atomic E-state index is 13.1. The average molecular weight is 247 g/mol. The molecular weight excluding hydrogens is 227 g/mol. The monoisotopic (exact) mass is 247 g/mol. The number of nitrogens with zero attached hydrogens (tertiary/aromatic N) is 1. The van der Waals surface area contributed by atoms with Crippen LogP contribution in [0.5, 0.6) is 0 Å². The molecule has 4 heteroatoms. The van der Waals surface area contributed by atoms with E-state index in [0.29, 0.717) is 5.56 Å². The van der Waals surface area contributed by atoms with Gasteiger partial charge in [-0.1, -0.05) is 34.6 Å². The van der Waals surface area contributed by atoms with Gasteiger partial charge in [0.05, 0.1) is 0 Å². The fourth-order valence-electron chi connectivity index (χ4n) is 2.22. The molecule has 17 heavy (non-hydrogen) atoms. The highest BCUT2D eigenvalue weighted by molar-refractivity contribution is 5.41. The Bertz CT molecular complexity index is 406. The van der Waals surface area contributed by atoms with Crippen molar-refractivity contribution in [1.82, 2.24) is 4.57 Å². The van der Waals surface area contributed by atoms with Crippen LogP contribution in [-0.2, 0) is 18.6 Å². The lowest BCUT2D eigenvalue weighted by atomic mass is 9.81. The van der Waals surface area contributed by atoms with Crippen molar-refractivity contribution in [2.45, 2.75) is 52.1 Å². The summed E-state index contributed by atoms with van der Waals surface area (Å²) in [5.74, 6) is 0.0894. The van der Waals surface area contributed by atoms with E-state index in [4.69, 9.17) is 0 Å². The number of hydrogen-bond acceptors (Lipinski definition) is 0. The highest BCUT2D eigenvalue weighted by atomic mass is 19.4. The highest BCUT2D eigenvalue weighted by Gasteiger charge is 2.41. The molecule has 0 spiro atoms. The molecule has 1 aromatic heterocycles. The second kappa shape index (κ2) is 4.07. The molecule has 0 unspecified atom stereocenters. The first-order chi connectivity index (χ1) is 7.46. The zero-order valence-electron chi connectivity index (χ0n) is 11.2. The van der Waals surface area contributed by atoms with E-state index in [1.807, 2.05) is 34.6 Å². The van der Waals surface area contributed by atoms with Gasteiger partial charge in [0.2, 0.25) is 0 Å². The second-order valence-corrected chi connectivity index (χ2v) is 5.82. The summed E-state index contributed by atoms with van der Waals surface area (Å²) in [6.07, 6.45) is -2.70. The zero-order valence-corrected chi connectivity index (χ0v) is 11.2. The van der Waals surface area contributed by atoms with Crippen molar-refractivity contribution >= 4 is 0 Å². The van der Waals surface area contributed by atoms with Crippen molar-refractivity contribution in [3.8, 4) is 0 Å². The van der Waals surface area contributed by atoms with Crippen molar-refractivity contribution in [3.05, 3.63) is 23.0 Å². The molecule has 0 fully saturated rings. The van der Waals surface area contributed by atoms with Crippen molar-refractivity contribution in [2.24, 2.45) is 7.05 Å². The molecule has 0 amide bonds. The topological polar surface area (TPSA) is 4.93 Å². The second-order valence-electron chi connectivity index (χ2n) is 5.82. The van der Waals surface area contributed by atoms with Crippen LogP contribution in [0.2, 0.25) is 0 Å². The summed E-state index contributed by atoms with van der Waals surface area (Å²) in [7, 11) is 1.46. The third-order valence-corrected chi connectivity index (χ3v) is 2.85. The van der Waals surface area contributed by atoms with E-state index in [9.17, 15) is 13.2 Å². The molecule has 0 saturated carbocycles. The Kier molecular flexibility index (Phi) is 3.38. The number of alkyl halides is 3. The summed E-state index contributed by atoms with van der Waals surface area (Å²) in [5, 5.41) is 0. The third kappa shape index (κ3) is 2.67. The van der Waals surface area contributed by atoms with Gasteiger partial charge in [-0.25, -0.2) is 0 Å². The number of hydrogen-bond donors (Lipinski definition) is 0. The van der Waals surface area contributed by atoms with E-state index >= 15 is 0 Å². The molecular formula is C13H20F3N. The zero-order chi connectivity index (χ0) is 13.6. The van der Waals surface area contributed by atoms with Crippen LogP contribution in [0, 0.1) is 0 Å². The Morgan fingerprint density at radius 3 is 1.88 bits per heavy atom. The Morgan fingerprint density at radius 1 is 1.12 bits per heavy atom. The van der Waals surface area contributed by atoms with Gasteiger partial charge in [0.25, 0.3) is 0 Å². The average Bonchev–Trinajstić information content (AvgIpc) is 2.40. The van der Waals surface area contributed by atoms with E-state index in [1.165, 1.54) is 11.6 Å². The fraction of sp³-hybridized carbons (Fsp3) is 0.692. The van der Waals surface area contributed by atoms with E-state index in [-0.39, 0.29) is 5.92 Å². The van der Waals surface area contributed by atoms with Gasteiger partial charge >= 0.3 is 6.18 Å². The first-order valence-corrected chi connectivity index (χ1v) is 5.73. The summed E-state index contributed by atoms with van der Waals surface area (Å²) in [4.78, 5) is 0. The van der Waals surface area contributed by atoms with Crippen LogP contribution < -0.4 is 0 Å². The van der Waals surface area contributed by atoms with Crippen molar-refractivity contribution in [2.75, 3.05) is 0 Å². The molecule has 0 N–H and O–H groups in total. The molecule has 1 heterocycles. The van der Waals surface area contributed by atoms with Crippen LogP contribution in [0.4, 0.5) is 13.2 Å². The first kappa shape index (κ1) is 14.1. The van der Waals surface area contributed by atoms with Gasteiger partial charge in [0, 0.05) is 13.2 Å². The van der Waals surface area contributed by atoms with Gasteiger partial charge in [-0.15, -0.1) is 0 Å². The smallest absolute Gasteiger partial charge is 0.347 e. The first-order valence-electron chi connectivity index (χ1n) is 5.73. The number of aryl methyl sites for hydroxylation is 1. The van der Waals surface area contributed by atoms with E-state index in [0.717, 1.165) is 5.56 Å². The number of halogens is 3. The van der Waals surface area contributed by atoms with Crippen LogP contribution in [0.1, 0.15) is 57.4 Å². The number of aromatic nitrogens is 1. The number of rotatable bonds is 1. The molecule has 1 nitrogen and oxygen atoms in total. The van der Waals surface area contributed by atoms with Crippen LogP contribution in [-0.4, -0.2) is 4.57 Å². The lowest BCUT2D eigenvalue weighted by molar-refractivity contribution is -0.144. The largest absolute Gasteiger partial charge is 0.431 e. The molecule has 0 aliphatic rings. The van der Waals surface area contributed by atoms with Crippen molar-refractivity contribution < 1.29 is 13.2 Å². The highest BCUT2D eigenvalue weighted by Crippen LogP contribution is 2.42. The van der Waals surface area contributed by atoms with Crippen molar-refractivity contribution in [1.29, 1.82) is 0 Å². The molecule has 0 aliphatic heterocycles. The molecule has 0 saturated heterocycles. The summed E-state index contributed by atoms with van der Waals surface area (Å²) >= 11 is 0. The minimum Gasteiger partial charge on any atom is -0.347 e. The molecule has 0 atom stereocenters. The molecule has 0 aromatic carbocycles. The summed E-state index contributed by atoms with van der Waals surface area (Å²) < 4.78 is 40.5. The molecule has 0 aliphatic carbocycles. The maximum Gasteiger partial charge on any atom is 0.431 e. The standard InChI is InChI=1S/C13H20F3N/c1-8(2)9-7-17(6)11(13(14,15)16)10(9)12(3,4)5/h7-8H,1-6H3. The van der Waals surface area contributed by atoms with Crippen LogP contribution in [0.3, 0.4) is 0 Å². The molecule has 98 valence electrons. The minimum absolute atomic E-state index is 0.0894. The van der Waals surface area contributed by atoms with Gasteiger partial charge in [0.1, 0.15) is 5.69 Å². The molecule has 1 rings (SSSR count).